The Morgan fingerprint density at radius 2 is 1.59 bits per heavy atom. The number of aromatic nitrogens is 2. The van der Waals surface area contributed by atoms with Gasteiger partial charge in [0.2, 0.25) is 11.8 Å². The van der Waals surface area contributed by atoms with Gasteiger partial charge in [-0.25, -0.2) is 0 Å². The summed E-state index contributed by atoms with van der Waals surface area (Å²) in [5, 5.41) is 11.9. The second-order valence-electron chi connectivity index (χ2n) is 6.87. The lowest BCUT2D eigenvalue weighted by molar-refractivity contribution is 0.0937. The normalized spacial score (nSPS) is 11.6. The Labute approximate surface area is 190 Å². The van der Waals surface area contributed by atoms with Crippen molar-refractivity contribution >= 4 is 17.5 Å². The Morgan fingerprint density at radius 1 is 0.938 bits per heavy atom. The molecule has 0 fully saturated rings. The summed E-state index contributed by atoms with van der Waals surface area (Å²) in [5.41, 5.74) is 1.88. The second-order valence-corrected chi connectivity index (χ2v) is 7.31. The first kappa shape index (κ1) is 21.4. The molecular formula is C24H20ClN3O4. The van der Waals surface area contributed by atoms with Gasteiger partial charge in [0, 0.05) is 22.2 Å². The lowest BCUT2D eigenvalue weighted by Gasteiger charge is -2.17. The van der Waals surface area contributed by atoms with E-state index >= 15 is 0 Å². The summed E-state index contributed by atoms with van der Waals surface area (Å²) in [6, 6.07) is 20.7. The fourth-order valence-electron chi connectivity index (χ4n) is 3.14. The Bertz CT molecular complexity index is 1190. The monoisotopic (exact) mass is 449 g/mol. The number of amides is 1. The van der Waals surface area contributed by atoms with Crippen LogP contribution in [0.4, 0.5) is 0 Å². The van der Waals surface area contributed by atoms with Gasteiger partial charge >= 0.3 is 0 Å². The van der Waals surface area contributed by atoms with Gasteiger partial charge in [-0.3, -0.25) is 4.79 Å². The van der Waals surface area contributed by atoms with Gasteiger partial charge in [0.05, 0.1) is 14.2 Å². The molecule has 0 radical (unpaired) electrons. The quantitative estimate of drug-likeness (QED) is 0.430. The molecular weight excluding hydrogens is 430 g/mol. The van der Waals surface area contributed by atoms with Crippen LogP contribution in [-0.2, 0) is 0 Å². The highest BCUT2D eigenvalue weighted by Gasteiger charge is 2.24. The van der Waals surface area contributed by atoms with E-state index in [0.29, 0.717) is 28.0 Å². The Morgan fingerprint density at radius 3 is 2.22 bits per heavy atom. The van der Waals surface area contributed by atoms with Crippen molar-refractivity contribution in [3.63, 3.8) is 0 Å². The lowest BCUT2D eigenvalue weighted by Crippen LogP contribution is -2.29. The summed E-state index contributed by atoms with van der Waals surface area (Å²) in [6.07, 6.45) is 0. The molecule has 4 aromatic rings. The molecule has 32 heavy (non-hydrogen) atoms. The molecule has 0 spiro atoms. The molecule has 0 aliphatic carbocycles. The first-order chi connectivity index (χ1) is 15.6. The molecule has 4 rings (SSSR count). The number of halogens is 1. The van der Waals surface area contributed by atoms with Crippen molar-refractivity contribution in [1.82, 2.24) is 15.5 Å². The Balaban J connectivity index is 1.69. The molecule has 7 nitrogen and oxygen atoms in total. The molecule has 3 aromatic carbocycles. The van der Waals surface area contributed by atoms with Crippen LogP contribution in [-0.4, -0.2) is 30.3 Å². The van der Waals surface area contributed by atoms with Gasteiger partial charge in [0.15, 0.2) is 0 Å². The molecule has 1 heterocycles. The number of ether oxygens (including phenoxy) is 2. The smallest absolute Gasteiger partial charge is 0.252 e. The van der Waals surface area contributed by atoms with E-state index in [1.165, 1.54) is 14.2 Å². The van der Waals surface area contributed by atoms with Gasteiger partial charge < -0.3 is 19.2 Å². The average molecular weight is 450 g/mol. The van der Waals surface area contributed by atoms with E-state index in [1.807, 2.05) is 30.3 Å². The van der Waals surface area contributed by atoms with Crippen LogP contribution in [0.1, 0.15) is 27.9 Å². The maximum absolute atomic E-state index is 13.1. The second kappa shape index (κ2) is 9.53. The third kappa shape index (κ3) is 4.73. The van der Waals surface area contributed by atoms with Crippen molar-refractivity contribution in [1.29, 1.82) is 0 Å². The van der Waals surface area contributed by atoms with Crippen molar-refractivity contribution in [3.8, 4) is 23.0 Å². The van der Waals surface area contributed by atoms with Crippen LogP contribution in [0.3, 0.4) is 0 Å². The van der Waals surface area contributed by atoms with Crippen LogP contribution in [0, 0.1) is 0 Å². The number of nitrogens with zero attached hydrogens (tertiary/aromatic N) is 2. The third-order valence-electron chi connectivity index (χ3n) is 4.80. The van der Waals surface area contributed by atoms with Crippen LogP contribution in [0.2, 0.25) is 5.02 Å². The van der Waals surface area contributed by atoms with Gasteiger partial charge in [-0.05, 0) is 42.0 Å². The van der Waals surface area contributed by atoms with Crippen LogP contribution in [0.5, 0.6) is 11.5 Å². The zero-order valence-corrected chi connectivity index (χ0v) is 18.2. The Kier molecular flexibility index (Phi) is 6.37. The van der Waals surface area contributed by atoms with E-state index in [0.717, 1.165) is 11.1 Å². The van der Waals surface area contributed by atoms with Gasteiger partial charge in [-0.2, -0.15) is 0 Å². The van der Waals surface area contributed by atoms with Crippen molar-refractivity contribution in [3.05, 3.63) is 94.8 Å². The van der Waals surface area contributed by atoms with Crippen molar-refractivity contribution in [2.75, 3.05) is 14.2 Å². The third-order valence-corrected chi connectivity index (χ3v) is 5.05. The van der Waals surface area contributed by atoms with E-state index in [4.69, 9.17) is 25.5 Å². The molecule has 0 saturated heterocycles. The molecule has 1 atom stereocenters. The molecule has 1 aromatic heterocycles. The molecule has 8 heteroatoms. The molecule has 0 unspecified atom stereocenters. The first-order valence-corrected chi connectivity index (χ1v) is 10.1. The zero-order chi connectivity index (χ0) is 22.5. The highest BCUT2D eigenvalue weighted by atomic mass is 35.5. The van der Waals surface area contributed by atoms with Crippen LogP contribution >= 0.6 is 11.6 Å². The van der Waals surface area contributed by atoms with Gasteiger partial charge in [0.25, 0.3) is 5.91 Å². The van der Waals surface area contributed by atoms with Crippen LogP contribution in [0.25, 0.3) is 11.5 Å². The largest absolute Gasteiger partial charge is 0.497 e. The fraction of sp³-hybridized carbons (Fsp3) is 0.125. The average Bonchev–Trinajstić information content (AvgIpc) is 3.33. The topological polar surface area (TPSA) is 86.5 Å². The summed E-state index contributed by atoms with van der Waals surface area (Å²) in [5.74, 6) is 1.25. The summed E-state index contributed by atoms with van der Waals surface area (Å²) in [7, 11) is 3.05. The van der Waals surface area contributed by atoms with Crippen molar-refractivity contribution in [2.45, 2.75) is 6.04 Å². The van der Waals surface area contributed by atoms with E-state index in [1.54, 1.807) is 42.5 Å². The Hall–Kier alpha value is -3.84. The maximum atomic E-state index is 13.1. The first-order valence-electron chi connectivity index (χ1n) is 9.75. The summed E-state index contributed by atoms with van der Waals surface area (Å²) < 4.78 is 16.5. The summed E-state index contributed by atoms with van der Waals surface area (Å²) >= 11 is 6.05. The predicted molar refractivity (Wildman–Crippen MR) is 120 cm³/mol. The van der Waals surface area contributed by atoms with Crippen LogP contribution < -0.4 is 14.8 Å². The van der Waals surface area contributed by atoms with Crippen molar-refractivity contribution in [2.24, 2.45) is 0 Å². The lowest BCUT2D eigenvalue weighted by atomic mass is 10.1. The van der Waals surface area contributed by atoms with Gasteiger partial charge in [-0.1, -0.05) is 41.9 Å². The number of nitrogens with one attached hydrogen (secondary N) is 1. The minimum atomic E-state index is -0.693. The fourth-order valence-corrected chi connectivity index (χ4v) is 3.27. The van der Waals surface area contributed by atoms with Crippen LogP contribution in [0.15, 0.2) is 77.2 Å². The number of rotatable bonds is 7. The molecule has 162 valence electrons. The van der Waals surface area contributed by atoms with E-state index in [-0.39, 0.29) is 11.8 Å². The minimum absolute atomic E-state index is 0.245. The standard InChI is InChI=1S/C24H20ClN3O4/c1-30-19-12-17(13-20(14-19)31-2)22(29)26-21(15-8-10-18(25)11-9-15)24-28-27-23(32-24)16-6-4-3-5-7-16/h3-14,21H,1-2H3,(H,26,29)/t21-/m1/s1. The van der Waals surface area contributed by atoms with E-state index < -0.39 is 6.04 Å². The molecule has 0 saturated carbocycles. The highest BCUT2D eigenvalue weighted by Crippen LogP contribution is 2.28. The number of carbonyl (C=O) groups is 1. The predicted octanol–water partition coefficient (Wildman–Crippen LogP) is 4.93. The SMILES string of the molecule is COc1cc(OC)cc(C(=O)N[C@H](c2ccc(Cl)cc2)c2nnc(-c3ccccc3)o2)c1. The van der Waals surface area contributed by atoms with Gasteiger partial charge in [0.1, 0.15) is 17.5 Å². The number of benzene rings is 3. The zero-order valence-electron chi connectivity index (χ0n) is 17.4. The van der Waals surface area contributed by atoms with Gasteiger partial charge in [-0.15, -0.1) is 10.2 Å². The minimum Gasteiger partial charge on any atom is -0.497 e. The van der Waals surface area contributed by atoms with Crippen molar-refractivity contribution < 1.29 is 18.7 Å². The molecule has 0 aliphatic rings. The molecule has 0 bridgehead atoms. The van der Waals surface area contributed by atoms with E-state index in [9.17, 15) is 4.79 Å². The van der Waals surface area contributed by atoms with E-state index in [2.05, 4.69) is 15.5 Å². The summed E-state index contributed by atoms with van der Waals surface area (Å²) in [4.78, 5) is 13.1. The highest BCUT2D eigenvalue weighted by molar-refractivity contribution is 6.30. The number of carbonyl (C=O) groups excluding carboxylic acids is 1. The number of hydrogen-bond acceptors (Lipinski definition) is 6. The summed E-state index contributed by atoms with van der Waals surface area (Å²) in [6.45, 7) is 0. The molecule has 1 amide bonds. The number of methoxy groups -OCH3 is 2. The molecule has 0 aliphatic heterocycles. The molecule has 1 N–H and O–H groups in total. The maximum Gasteiger partial charge on any atom is 0.252 e. The number of hydrogen-bond donors (Lipinski definition) is 1.